The number of hydrogen-bond donors (Lipinski definition) is 1. The van der Waals surface area contributed by atoms with E-state index in [0.29, 0.717) is 13.2 Å². The summed E-state index contributed by atoms with van der Waals surface area (Å²) in [6, 6.07) is 0. The maximum Gasteiger partial charge on any atom is 0.245 e. The summed E-state index contributed by atoms with van der Waals surface area (Å²) in [5.41, 5.74) is 0. The van der Waals surface area contributed by atoms with Gasteiger partial charge in [0.1, 0.15) is 4.90 Å². The second kappa shape index (κ2) is 5.16. The van der Waals surface area contributed by atoms with Gasteiger partial charge in [0, 0.05) is 26.4 Å². The number of rotatable bonds is 4. The van der Waals surface area contributed by atoms with Gasteiger partial charge in [-0.1, -0.05) is 0 Å². The highest BCUT2D eigenvalue weighted by atomic mass is 32.2. The van der Waals surface area contributed by atoms with Crippen molar-refractivity contribution < 1.29 is 13.2 Å². The summed E-state index contributed by atoms with van der Waals surface area (Å²) in [5, 5.41) is 6.18. The van der Waals surface area contributed by atoms with Gasteiger partial charge in [-0.25, -0.2) is 12.7 Å². The van der Waals surface area contributed by atoms with Gasteiger partial charge in [-0.3, -0.25) is 5.10 Å². The summed E-state index contributed by atoms with van der Waals surface area (Å²) in [6.45, 7) is 1.92. The van der Waals surface area contributed by atoms with Crippen LogP contribution in [0.1, 0.15) is 12.8 Å². The number of hydrogen-bond acceptors (Lipinski definition) is 4. The van der Waals surface area contributed by atoms with Crippen LogP contribution in [0.4, 0.5) is 0 Å². The lowest BCUT2D eigenvalue weighted by molar-refractivity contribution is 0.0495. The molecule has 7 heteroatoms. The van der Waals surface area contributed by atoms with E-state index < -0.39 is 10.0 Å². The quantitative estimate of drug-likeness (QED) is 0.852. The molecule has 1 saturated heterocycles. The number of H-pyrrole nitrogens is 1. The van der Waals surface area contributed by atoms with Gasteiger partial charge in [0.05, 0.1) is 12.8 Å². The van der Waals surface area contributed by atoms with Crippen molar-refractivity contribution in [2.24, 2.45) is 5.92 Å². The molecule has 0 aliphatic carbocycles. The Morgan fingerprint density at radius 3 is 3.06 bits per heavy atom. The molecule has 1 aliphatic heterocycles. The molecule has 0 bridgehead atoms. The highest BCUT2D eigenvalue weighted by molar-refractivity contribution is 7.89. The van der Waals surface area contributed by atoms with Crippen molar-refractivity contribution in [2.45, 2.75) is 17.7 Å². The highest BCUT2D eigenvalue weighted by Gasteiger charge is 2.25. The molecule has 1 aliphatic rings. The molecule has 0 spiro atoms. The summed E-state index contributed by atoms with van der Waals surface area (Å²) in [5.74, 6) is 0.287. The first kappa shape index (κ1) is 12.5. The van der Waals surface area contributed by atoms with Crippen LogP contribution < -0.4 is 0 Å². The van der Waals surface area contributed by atoms with Gasteiger partial charge in [-0.15, -0.1) is 0 Å². The van der Waals surface area contributed by atoms with Crippen LogP contribution in [0.3, 0.4) is 0 Å². The average molecular weight is 259 g/mol. The van der Waals surface area contributed by atoms with Crippen LogP contribution >= 0.6 is 0 Å². The van der Waals surface area contributed by atoms with Crippen molar-refractivity contribution in [3.8, 4) is 0 Å². The van der Waals surface area contributed by atoms with Crippen molar-refractivity contribution in [3.05, 3.63) is 12.4 Å². The van der Waals surface area contributed by atoms with Gasteiger partial charge >= 0.3 is 0 Å². The molecule has 2 rings (SSSR count). The third kappa shape index (κ3) is 2.85. The molecule has 1 fully saturated rings. The molecule has 2 heterocycles. The largest absolute Gasteiger partial charge is 0.381 e. The van der Waals surface area contributed by atoms with Crippen LogP contribution in [0.25, 0.3) is 0 Å². The maximum absolute atomic E-state index is 12.1. The molecule has 1 aromatic heterocycles. The number of nitrogens with zero attached hydrogens (tertiary/aromatic N) is 2. The van der Waals surface area contributed by atoms with E-state index in [1.807, 2.05) is 0 Å². The lowest BCUT2D eigenvalue weighted by Crippen LogP contribution is -2.35. The maximum atomic E-state index is 12.1. The number of nitrogens with one attached hydrogen (secondary N) is 1. The van der Waals surface area contributed by atoms with E-state index in [1.54, 1.807) is 7.05 Å². The van der Waals surface area contributed by atoms with Crippen molar-refractivity contribution in [3.63, 3.8) is 0 Å². The fourth-order valence-corrected chi connectivity index (χ4v) is 3.13. The number of aromatic nitrogens is 2. The Hall–Kier alpha value is -0.920. The molecule has 96 valence electrons. The minimum Gasteiger partial charge on any atom is -0.381 e. The zero-order valence-electron chi connectivity index (χ0n) is 9.80. The summed E-state index contributed by atoms with van der Waals surface area (Å²) < 4.78 is 30.9. The molecular formula is C10H17N3O3S. The third-order valence-corrected chi connectivity index (χ3v) is 4.74. The molecule has 0 saturated carbocycles. The molecule has 1 aromatic rings. The van der Waals surface area contributed by atoms with E-state index in [1.165, 1.54) is 16.7 Å². The Labute approximate surface area is 101 Å². The smallest absolute Gasteiger partial charge is 0.245 e. The summed E-state index contributed by atoms with van der Waals surface area (Å²) in [6.07, 6.45) is 4.74. The second-order valence-corrected chi connectivity index (χ2v) is 6.35. The Kier molecular flexibility index (Phi) is 3.80. The second-order valence-electron chi connectivity index (χ2n) is 4.30. The van der Waals surface area contributed by atoms with Crippen LogP contribution in [0.15, 0.2) is 17.3 Å². The monoisotopic (exact) mass is 259 g/mol. The number of ether oxygens (including phenoxy) is 1. The number of aromatic amines is 1. The van der Waals surface area contributed by atoms with Gasteiger partial charge < -0.3 is 4.74 Å². The zero-order chi connectivity index (χ0) is 12.3. The first-order chi connectivity index (χ1) is 8.10. The van der Waals surface area contributed by atoms with Gasteiger partial charge in [-0.05, 0) is 18.8 Å². The van der Waals surface area contributed by atoms with Gasteiger partial charge in [0.2, 0.25) is 10.0 Å². The predicted octanol–water partition coefficient (Wildman–Crippen LogP) is 0.457. The lowest BCUT2D eigenvalue weighted by Gasteiger charge is -2.26. The molecule has 6 nitrogen and oxygen atoms in total. The van der Waals surface area contributed by atoms with Crippen LogP contribution in [-0.2, 0) is 14.8 Å². The fraction of sp³-hybridized carbons (Fsp3) is 0.700. The van der Waals surface area contributed by atoms with E-state index in [4.69, 9.17) is 4.74 Å². The minimum absolute atomic E-state index is 0.205. The Bertz CT molecular complexity index is 437. The van der Waals surface area contributed by atoms with Crippen molar-refractivity contribution in [1.82, 2.24) is 14.5 Å². The Morgan fingerprint density at radius 1 is 1.65 bits per heavy atom. The van der Waals surface area contributed by atoms with Gasteiger partial charge in [0.15, 0.2) is 0 Å². The zero-order valence-corrected chi connectivity index (χ0v) is 10.6. The van der Waals surface area contributed by atoms with E-state index in [-0.39, 0.29) is 10.8 Å². The molecule has 1 atom stereocenters. The Morgan fingerprint density at radius 2 is 2.47 bits per heavy atom. The third-order valence-electron chi connectivity index (χ3n) is 2.95. The van der Waals surface area contributed by atoms with Gasteiger partial charge in [-0.2, -0.15) is 5.10 Å². The first-order valence-electron chi connectivity index (χ1n) is 5.63. The lowest BCUT2D eigenvalue weighted by atomic mass is 10.0. The summed E-state index contributed by atoms with van der Waals surface area (Å²) >= 11 is 0. The Balaban J connectivity index is 2.01. The molecule has 1 N–H and O–H groups in total. The highest BCUT2D eigenvalue weighted by Crippen LogP contribution is 2.18. The van der Waals surface area contributed by atoms with E-state index in [9.17, 15) is 8.42 Å². The number of sulfonamides is 1. The van der Waals surface area contributed by atoms with E-state index in [0.717, 1.165) is 19.4 Å². The SMILES string of the molecule is CN(CC1CCCOC1)S(=O)(=O)c1cn[nH]c1. The van der Waals surface area contributed by atoms with E-state index >= 15 is 0 Å². The normalized spacial score (nSPS) is 21.9. The van der Waals surface area contributed by atoms with Crippen LogP contribution in [-0.4, -0.2) is 49.7 Å². The minimum atomic E-state index is -3.41. The molecule has 0 amide bonds. The van der Waals surface area contributed by atoms with Crippen molar-refractivity contribution in [2.75, 3.05) is 26.8 Å². The van der Waals surface area contributed by atoms with Crippen molar-refractivity contribution >= 4 is 10.0 Å². The summed E-state index contributed by atoms with van der Waals surface area (Å²) in [7, 11) is -1.82. The standard InChI is InChI=1S/C10H17N3O3S/c1-13(7-9-3-2-4-16-8-9)17(14,15)10-5-11-12-6-10/h5-6,9H,2-4,7-8H2,1H3,(H,11,12). The molecule has 0 aromatic carbocycles. The van der Waals surface area contributed by atoms with Crippen molar-refractivity contribution in [1.29, 1.82) is 0 Å². The average Bonchev–Trinajstić information content (AvgIpc) is 2.84. The first-order valence-corrected chi connectivity index (χ1v) is 7.07. The fourth-order valence-electron chi connectivity index (χ4n) is 1.97. The topological polar surface area (TPSA) is 75.3 Å². The van der Waals surface area contributed by atoms with Crippen LogP contribution in [0.2, 0.25) is 0 Å². The molecule has 17 heavy (non-hydrogen) atoms. The van der Waals surface area contributed by atoms with Crippen LogP contribution in [0.5, 0.6) is 0 Å². The van der Waals surface area contributed by atoms with Gasteiger partial charge in [0.25, 0.3) is 0 Å². The molecule has 0 radical (unpaired) electrons. The molecule has 1 unspecified atom stereocenters. The van der Waals surface area contributed by atoms with Crippen LogP contribution in [0, 0.1) is 5.92 Å². The molecular weight excluding hydrogens is 242 g/mol. The predicted molar refractivity (Wildman–Crippen MR) is 61.9 cm³/mol. The summed E-state index contributed by atoms with van der Waals surface area (Å²) in [4.78, 5) is 0.205. The van der Waals surface area contributed by atoms with E-state index in [2.05, 4.69) is 10.2 Å².